The lowest BCUT2D eigenvalue weighted by atomic mass is 9.75. The Morgan fingerprint density at radius 2 is 2.05 bits per heavy atom. The minimum atomic E-state index is 0.889. The second kappa shape index (κ2) is 5.76. The maximum Gasteiger partial charge on any atom is 0.134 e. The molecule has 0 amide bonds. The van der Waals surface area contributed by atoms with E-state index < -0.39 is 0 Å². The van der Waals surface area contributed by atoms with E-state index in [0.717, 1.165) is 36.6 Å². The van der Waals surface area contributed by atoms with Crippen molar-refractivity contribution in [2.24, 2.45) is 11.8 Å². The SMILES string of the molecule is CCNc1cc(N2CCC3CCCCC3C2)ncn1. The van der Waals surface area contributed by atoms with Gasteiger partial charge in [0.1, 0.15) is 18.0 Å². The van der Waals surface area contributed by atoms with Crippen molar-refractivity contribution in [1.82, 2.24) is 9.97 Å². The highest BCUT2D eigenvalue weighted by molar-refractivity contribution is 5.48. The summed E-state index contributed by atoms with van der Waals surface area (Å²) in [6.45, 7) is 5.34. The van der Waals surface area contributed by atoms with E-state index in [9.17, 15) is 0 Å². The van der Waals surface area contributed by atoms with E-state index in [1.165, 1.54) is 38.6 Å². The Balaban J connectivity index is 1.70. The van der Waals surface area contributed by atoms with Crippen molar-refractivity contribution in [1.29, 1.82) is 0 Å². The summed E-state index contributed by atoms with van der Waals surface area (Å²) < 4.78 is 0. The summed E-state index contributed by atoms with van der Waals surface area (Å²) in [6, 6.07) is 2.09. The van der Waals surface area contributed by atoms with E-state index in [1.807, 2.05) is 0 Å². The van der Waals surface area contributed by atoms with E-state index in [2.05, 4.69) is 33.2 Å². The van der Waals surface area contributed by atoms with Crippen molar-refractivity contribution in [2.45, 2.75) is 39.0 Å². The normalized spacial score (nSPS) is 26.9. The molecule has 4 heteroatoms. The van der Waals surface area contributed by atoms with Crippen LogP contribution in [0.4, 0.5) is 11.6 Å². The van der Waals surface area contributed by atoms with Crippen molar-refractivity contribution >= 4 is 11.6 Å². The average Bonchev–Trinajstić information content (AvgIpc) is 2.47. The fourth-order valence-corrected chi connectivity index (χ4v) is 3.61. The molecule has 1 aliphatic carbocycles. The lowest BCUT2D eigenvalue weighted by Crippen LogP contribution is -2.42. The Morgan fingerprint density at radius 3 is 2.89 bits per heavy atom. The Kier molecular flexibility index (Phi) is 3.85. The van der Waals surface area contributed by atoms with Gasteiger partial charge in [0.2, 0.25) is 0 Å². The van der Waals surface area contributed by atoms with Crippen LogP contribution < -0.4 is 10.2 Å². The van der Waals surface area contributed by atoms with Gasteiger partial charge in [0.15, 0.2) is 0 Å². The molecule has 0 bridgehead atoms. The first-order valence-corrected chi connectivity index (χ1v) is 7.67. The summed E-state index contributed by atoms with van der Waals surface area (Å²) in [6.07, 6.45) is 8.74. The van der Waals surface area contributed by atoms with E-state index >= 15 is 0 Å². The van der Waals surface area contributed by atoms with Crippen LogP contribution in [0.2, 0.25) is 0 Å². The fourth-order valence-electron chi connectivity index (χ4n) is 3.61. The zero-order valence-electron chi connectivity index (χ0n) is 11.8. The average molecular weight is 260 g/mol. The molecular formula is C15H24N4. The summed E-state index contributed by atoms with van der Waals surface area (Å²) in [7, 11) is 0. The summed E-state index contributed by atoms with van der Waals surface area (Å²) in [5, 5.41) is 3.27. The van der Waals surface area contributed by atoms with Crippen molar-refractivity contribution in [3.63, 3.8) is 0 Å². The van der Waals surface area contributed by atoms with Gasteiger partial charge in [-0.3, -0.25) is 0 Å². The molecule has 2 fully saturated rings. The minimum absolute atomic E-state index is 0.889. The van der Waals surface area contributed by atoms with Crippen molar-refractivity contribution in [2.75, 3.05) is 29.9 Å². The first-order chi connectivity index (χ1) is 9.36. The monoisotopic (exact) mass is 260 g/mol. The number of fused-ring (bicyclic) bond motifs is 1. The van der Waals surface area contributed by atoms with Crippen LogP contribution >= 0.6 is 0 Å². The van der Waals surface area contributed by atoms with E-state index in [-0.39, 0.29) is 0 Å². The van der Waals surface area contributed by atoms with Crippen molar-refractivity contribution in [3.05, 3.63) is 12.4 Å². The fraction of sp³-hybridized carbons (Fsp3) is 0.733. The van der Waals surface area contributed by atoms with E-state index in [0.29, 0.717) is 0 Å². The maximum atomic E-state index is 4.46. The third kappa shape index (κ3) is 2.82. The quantitative estimate of drug-likeness (QED) is 0.907. The van der Waals surface area contributed by atoms with Gasteiger partial charge in [0.25, 0.3) is 0 Å². The molecule has 2 atom stereocenters. The zero-order chi connectivity index (χ0) is 13.1. The molecule has 0 radical (unpaired) electrons. The standard InChI is InChI=1S/C15H24N4/c1-2-16-14-9-15(18-11-17-14)19-8-7-12-5-3-4-6-13(12)10-19/h9,11-13H,2-8,10H2,1H3,(H,16,17,18). The molecule has 19 heavy (non-hydrogen) atoms. The molecule has 1 saturated carbocycles. The number of hydrogen-bond acceptors (Lipinski definition) is 4. The number of hydrogen-bond donors (Lipinski definition) is 1. The minimum Gasteiger partial charge on any atom is -0.370 e. The molecule has 0 aromatic carbocycles. The zero-order valence-corrected chi connectivity index (χ0v) is 11.8. The van der Waals surface area contributed by atoms with Gasteiger partial charge in [0.05, 0.1) is 0 Å². The number of piperidine rings is 1. The molecule has 0 spiro atoms. The second-order valence-electron chi connectivity index (χ2n) is 5.83. The van der Waals surface area contributed by atoms with Crippen LogP contribution in [0.15, 0.2) is 12.4 Å². The van der Waals surface area contributed by atoms with Gasteiger partial charge >= 0.3 is 0 Å². The summed E-state index contributed by atoms with van der Waals surface area (Å²) in [4.78, 5) is 11.2. The molecule has 1 saturated heterocycles. The van der Waals surface area contributed by atoms with Crippen LogP contribution in [0.1, 0.15) is 39.0 Å². The largest absolute Gasteiger partial charge is 0.370 e. The van der Waals surface area contributed by atoms with Gasteiger partial charge in [-0.25, -0.2) is 9.97 Å². The molecule has 2 aliphatic rings. The van der Waals surface area contributed by atoms with E-state index in [1.54, 1.807) is 6.33 Å². The molecule has 104 valence electrons. The molecule has 2 unspecified atom stereocenters. The van der Waals surface area contributed by atoms with Gasteiger partial charge in [-0.05, 0) is 31.6 Å². The number of anilines is 2. The van der Waals surface area contributed by atoms with E-state index in [4.69, 9.17) is 0 Å². The number of nitrogens with zero attached hydrogens (tertiary/aromatic N) is 3. The van der Waals surface area contributed by atoms with Crippen LogP contribution in [0.25, 0.3) is 0 Å². The lowest BCUT2D eigenvalue weighted by Gasteiger charge is -2.41. The smallest absolute Gasteiger partial charge is 0.134 e. The van der Waals surface area contributed by atoms with Crippen LogP contribution in [-0.4, -0.2) is 29.6 Å². The molecular weight excluding hydrogens is 236 g/mol. The summed E-state index contributed by atoms with van der Waals surface area (Å²) in [5.74, 6) is 3.90. The van der Waals surface area contributed by atoms with Gasteiger partial charge in [-0.1, -0.05) is 19.3 Å². The Morgan fingerprint density at radius 1 is 1.21 bits per heavy atom. The molecule has 1 aliphatic heterocycles. The van der Waals surface area contributed by atoms with Crippen LogP contribution in [0.5, 0.6) is 0 Å². The highest BCUT2D eigenvalue weighted by Gasteiger charge is 2.31. The highest BCUT2D eigenvalue weighted by Crippen LogP contribution is 2.37. The number of aromatic nitrogens is 2. The predicted octanol–water partition coefficient (Wildman–Crippen LogP) is 2.92. The van der Waals surface area contributed by atoms with Crippen LogP contribution in [0, 0.1) is 11.8 Å². The Bertz CT molecular complexity index is 420. The number of rotatable bonds is 3. The third-order valence-corrected chi connectivity index (χ3v) is 4.63. The lowest BCUT2D eigenvalue weighted by molar-refractivity contribution is 0.202. The molecule has 1 aromatic heterocycles. The van der Waals surface area contributed by atoms with Gasteiger partial charge in [0, 0.05) is 25.7 Å². The van der Waals surface area contributed by atoms with Crippen LogP contribution in [0.3, 0.4) is 0 Å². The summed E-state index contributed by atoms with van der Waals surface area (Å²) in [5.41, 5.74) is 0. The number of nitrogens with one attached hydrogen (secondary N) is 1. The Hall–Kier alpha value is -1.32. The first kappa shape index (κ1) is 12.7. The van der Waals surface area contributed by atoms with Crippen LogP contribution in [-0.2, 0) is 0 Å². The molecule has 2 heterocycles. The van der Waals surface area contributed by atoms with Crippen molar-refractivity contribution < 1.29 is 0 Å². The van der Waals surface area contributed by atoms with Gasteiger partial charge in [-0.15, -0.1) is 0 Å². The summed E-state index contributed by atoms with van der Waals surface area (Å²) >= 11 is 0. The first-order valence-electron chi connectivity index (χ1n) is 7.67. The van der Waals surface area contributed by atoms with Gasteiger partial charge < -0.3 is 10.2 Å². The highest BCUT2D eigenvalue weighted by atomic mass is 15.2. The Labute approximate surface area is 115 Å². The van der Waals surface area contributed by atoms with Crippen molar-refractivity contribution in [3.8, 4) is 0 Å². The third-order valence-electron chi connectivity index (χ3n) is 4.63. The maximum absolute atomic E-state index is 4.46. The molecule has 3 rings (SSSR count). The molecule has 4 nitrogen and oxygen atoms in total. The topological polar surface area (TPSA) is 41.0 Å². The van der Waals surface area contributed by atoms with Gasteiger partial charge in [-0.2, -0.15) is 0 Å². The predicted molar refractivity (Wildman–Crippen MR) is 78.5 cm³/mol. The second-order valence-corrected chi connectivity index (χ2v) is 5.83. The molecule has 1 aromatic rings. The molecule has 1 N–H and O–H groups in total.